The third kappa shape index (κ3) is 7.00. The Bertz CT molecular complexity index is 470. The minimum absolute atomic E-state index is 0.0428. The van der Waals surface area contributed by atoms with E-state index in [1.807, 2.05) is 0 Å². The summed E-state index contributed by atoms with van der Waals surface area (Å²) in [6, 6.07) is 4.90. The predicted molar refractivity (Wildman–Crippen MR) is 84.1 cm³/mol. The molecule has 1 rings (SSSR count). The molecule has 1 unspecified atom stereocenters. The van der Waals surface area contributed by atoms with Crippen molar-refractivity contribution in [3.05, 3.63) is 28.2 Å². The van der Waals surface area contributed by atoms with Crippen LogP contribution in [0.2, 0.25) is 10.0 Å². The molecule has 0 saturated heterocycles. The van der Waals surface area contributed by atoms with E-state index >= 15 is 0 Å². The molecule has 0 aliphatic heterocycles. The van der Waals surface area contributed by atoms with E-state index in [2.05, 4.69) is 5.32 Å². The molecule has 7 heteroatoms. The van der Waals surface area contributed by atoms with E-state index in [9.17, 15) is 9.90 Å². The van der Waals surface area contributed by atoms with E-state index in [1.165, 1.54) is 4.90 Å². The molecule has 0 aromatic heterocycles. The fourth-order valence-electron chi connectivity index (χ4n) is 1.52. The SMILES string of the molecule is CN(C)C(=O)CCNCC(O)COc1ccc(Cl)cc1Cl. The monoisotopic (exact) mass is 334 g/mol. The molecule has 1 amide bonds. The number of ether oxygens (including phenoxy) is 1. The molecular weight excluding hydrogens is 315 g/mol. The first-order chi connectivity index (χ1) is 9.90. The summed E-state index contributed by atoms with van der Waals surface area (Å²) in [4.78, 5) is 12.9. The van der Waals surface area contributed by atoms with Crippen molar-refractivity contribution in [3.8, 4) is 5.75 Å². The zero-order valence-electron chi connectivity index (χ0n) is 12.1. The molecule has 21 heavy (non-hydrogen) atoms. The molecule has 0 aliphatic rings. The van der Waals surface area contributed by atoms with Crippen molar-refractivity contribution in [2.24, 2.45) is 0 Å². The lowest BCUT2D eigenvalue weighted by atomic mass is 10.3. The number of rotatable bonds is 8. The first-order valence-corrected chi connectivity index (χ1v) is 7.32. The zero-order chi connectivity index (χ0) is 15.8. The van der Waals surface area contributed by atoms with Gasteiger partial charge < -0.3 is 20.1 Å². The number of hydrogen-bond donors (Lipinski definition) is 2. The second kappa shape index (κ2) is 9.10. The van der Waals surface area contributed by atoms with Gasteiger partial charge in [-0.05, 0) is 18.2 Å². The Morgan fingerprint density at radius 3 is 2.76 bits per heavy atom. The predicted octanol–water partition coefficient (Wildman–Crippen LogP) is 1.80. The highest BCUT2D eigenvalue weighted by Crippen LogP contribution is 2.27. The minimum atomic E-state index is -0.689. The van der Waals surface area contributed by atoms with Crippen LogP contribution in [-0.4, -0.2) is 55.8 Å². The Hall–Kier alpha value is -1.01. The maximum absolute atomic E-state index is 11.3. The van der Waals surface area contributed by atoms with Gasteiger partial charge in [0.1, 0.15) is 18.5 Å². The van der Waals surface area contributed by atoms with Crippen molar-refractivity contribution in [2.45, 2.75) is 12.5 Å². The van der Waals surface area contributed by atoms with Crippen molar-refractivity contribution in [3.63, 3.8) is 0 Å². The molecule has 0 heterocycles. The number of carbonyl (C=O) groups is 1. The van der Waals surface area contributed by atoms with Gasteiger partial charge in [-0.1, -0.05) is 23.2 Å². The number of amides is 1. The third-order valence-corrected chi connectivity index (χ3v) is 3.25. The average Bonchev–Trinajstić information content (AvgIpc) is 2.42. The Kier molecular flexibility index (Phi) is 7.82. The first-order valence-electron chi connectivity index (χ1n) is 6.57. The van der Waals surface area contributed by atoms with Gasteiger partial charge in [0, 0.05) is 38.6 Å². The van der Waals surface area contributed by atoms with Gasteiger partial charge in [-0.15, -0.1) is 0 Å². The number of aliphatic hydroxyl groups excluding tert-OH is 1. The fourth-order valence-corrected chi connectivity index (χ4v) is 1.99. The number of nitrogens with one attached hydrogen (secondary N) is 1. The summed E-state index contributed by atoms with van der Waals surface area (Å²) >= 11 is 11.7. The molecular formula is C14H20Cl2N2O3. The van der Waals surface area contributed by atoms with Gasteiger partial charge in [0.2, 0.25) is 5.91 Å². The molecule has 5 nitrogen and oxygen atoms in total. The van der Waals surface area contributed by atoms with Crippen LogP contribution in [0.3, 0.4) is 0 Å². The molecule has 0 radical (unpaired) electrons. The van der Waals surface area contributed by atoms with Crippen molar-refractivity contribution in [1.29, 1.82) is 0 Å². The highest BCUT2D eigenvalue weighted by Gasteiger charge is 2.08. The molecule has 2 N–H and O–H groups in total. The van der Waals surface area contributed by atoms with Gasteiger partial charge in [0.25, 0.3) is 0 Å². The Labute approximate surface area is 134 Å². The summed E-state index contributed by atoms with van der Waals surface area (Å²) < 4.78 is 5.41. The van der Waals surface area contributed by atoms with Crippen molar-refractivity contribution < 1.29 is 14.6 Å². The summed E-state index contributed by atoms with van der Waals surface area (Å²) in [5.41, 5.74) is 0. The quantitative estimate of drug-likeness (QED) is 0.711. The number of carbonyl (C=O) groups excluding carboxylic acids is 1. The molecule has 1 aromatic carbocycles. The van der Waals surface area contributed by atoms with Gasteiger partial charge in [-0.25, -0.2) is 0 Å². The van der Waals surface area contributed by atoms with E-state index in [0.717, 1.165) is 0 Å². The van der Waals surface area contributed by atoms with Crippen LogP contribution >= 0.6 is 23.2 Å². The lowest BCUT2D eigenvalue weighted by molar-refractivity contribution is -0.128. The van der Waals surface area contributed by atoms with Crippen LogP contribution in [0.5, 0.6) is 5.75 Å². The molecule has 1 atom stereocenters. The van der Waals surface area contributed by atoms with Gasteiger partial charge >= 0.3 is 0 Å². The van der Waals surface area contributed by atoms with Crippen molar-refractivity contribution in [2.75, 3.05) is 33.8 Å². The van der Waals surface area contributed by atoms with E-state index in [-0.39, 0.29) is 12.5 Å². The second-order valence-corrected chi connectivity index (χ2v) is 5.63. The summed E-state index contributed by atoms with van der Waals surface area (Å²) in [7, 11) is 3.42. The summed E-state index contributed by atoms with van der Waals surface area (Å²) in [5, 5.41) is 13.7. The van der Waals surface area contributed by atoms with Crippen LogP contribution < -0.4 is 10.1 Å². The van der Waals surface area contributed by atoms with Crippen molar-refractivity contribution in [1.82, 2.24) is 10.2 Å². The lowest BCUT2D eigenvalue weighted by Crippen LogP contribution is -2.34. The van der Waals surface area contributed by atoms with Gasteiger partial charge in [0.05, 0.1) is 5.02 Å². The Morgan fingerprint density at radius 2 is 2.14 bits per heavy atom. The minimum Gasteiger partial charge on any atom is -0.489 e. The third-order valence-electron chi connectivity index (χ3n) is 2.72. The number of halogens is 2. The normalized spacial score (nSPS) is 12.0. The Balaban J connectivity index is 2.22. The van der Waals surface area contributed by atoms with E-state index in [4.69, 9.17) is 27.9 Å². The summed E-state index contributed by atoms with van der Waals surface area (Å²) in [6.07, 6.45) is -0.296. The second-order valence-electron chi connectivity index (χ2n) is 4.78. The molecule has 0 aliphatic carbocycles. The van der Waals surface area contributed by atoms with Crippen LogP contribution in [0.1, 0.15) is 6.42 Å². The largest absolute Gasteiger partial charge is 0.489 e. The highest BCUT2D eigenvalue weighted by molar-refractivity contribution is 6.35. The maximum Gasteiger partial charge on any atom is 0.223 e. The number of hydrogen-bond acceptors (Lipinski definition) is 4. The maximum atomic E-state index is 11.3. The topological polar surface area (TPSA) is 61.8 Å². The summed E-state index contributed by atoms with van der Waals surface area (Å²) in [6.45, 7) is 0.956. The molecule has 0 saturated carbocycles. The molecule has 0 fully saturated rings. The lowest BCUT2D eigenvalue weighted by Gasteiger charge is -2.15. The molecule has 0 spiro atoms. The molecule has 1 aromatic rings. The fraction of sp³-hybridized carbons (Fsp3) is 0.500. The van der Waals surface area contributed by atoms with Gasteiger partial charge in [0.15, 0.2) is 0 Å². The Morgan fingerprint density at radius 1 is 1.43 bits per heavy atom. The van der Waals surface area contributed by atoms with Crippen LogP contribution in [0.25, 0.3) is 0 Å². The number of nitrogens with zero attached hydrogens (tertiary/aromatic N) is 1. The number of benzene rings is 1. The first kappa shape index (κ1) is 18.0. The number of aliphatic hydroxyl groups is 1. The average molecular weight is 335 g/mol. The molecule has 0 bridgehead atoms. The van der Waals surface area contributed by atoms with Crippen LogP contribution in [0.15, 0.2) is 18.2 Å². The smallest absolute Gasteiger partial charge is 0.223 e. The van der Waals surface area contributed by atoms with Gasteiger partial charge in [-0.2, -0.15) is 0 Å². The van der Waals surface area contributed by atoms with E-state index in [1.54, 1.807) is 32.3 Å². The zero-order valence-corrected chi connectivity index (χ0v) is 13.6. The summed E-state index contributed by atoms with van der Waals surface area (Å²) in [5.74, 6) is 0.518. The van der Waals surface area contributed by atoms with Crippen LogP contribution in [0.4, 0.5) is 0 Å². The van der Waals surface area contributed by atoms with E-state index in [0.29, 0.717) is 35.3 Å². The van der Waals surface area contributed by atoms with Crippen molar-refractivity contribution >= 4 is 29.1 Å². The molecule has 118 valence electrons. The van der Waals surface area contributed by atoms with Crippen LogP contribution in [-0.2, 0) is 4.79 Å². The van der Waals surface area contributed by atoms with Gasteiger partial charge in [-0.3, -0.25) is 4.79 Å². The van der Waals surface area contributed by atoms with Crippen LogP contribution in [0, 0.1) is 0 Å². The highest BCUT2D eigenvalue weighted by atomic mass is 35.5. The standard InChI is InChI=1S/C14H20Cl2N2O3/c1-18(2)14(20)5-6-17-8-11(19)9-21-13-4-3-10(15)7-12(13)16/h3-4,7,11,17,19H,5-6,8-9H2,1-2H3. The van der Waals surface area contributed by atoms with E-state index < -0.39 is 6.10 Å².